The van der Waals surface area contributed by atoms with E-state index in [4.69, 9.17) is 0 Å². The van der Waals surface area contributed by atoms with E-state index in [1.807, 2.05) is 0 Å². The van der Waals surface area contributed by atoms with Crippen molar-refractivity contribution in [2.75, 3.05) is 6.54 Å². The van der Waals surface area contributed by atoms with Gasteiger partial charge in [-0.3, -0.25) is 14.3 Å². The lowest BCUT2D eigenvalue weighted by atomic mass is 10.5. The SMILES string of the molecule is CC(=O)NCCn1cc(C=O)nn1. The van der Waals surface area contributed by atoms with Crippen LogP contribution >= 0.6 is 0 Å². The van der Waals surface area contributed by atoms with Gasteiger partial charge < -0.3 is 5.32 Å². The third-order valence-electron chi connectivity index (χ3n) is 1.39. The third-order valence-corrected chi connectivity index (χ3v) is 1.39. The Morgan fingerprint density at radius 3 is 3.08 bits per heavy atom. The first kappa shape index (κ1) is 9.37. The number of nitrogens with zero attached hydrogens (tertiary/aromatic N) is 3. The molecule has 0 atom stereocenters. The summed E-state index contributed by atoms with van der Waals surface area (Å²) in [7, 11) is 0. The van der Waals surface area contributed by atoms with Crippen molar-refractivity contribution in [3.63, 3.8) is 0 Å². The molecule has 1 heterocycles. The highest BCUT2D eigenvalue weighted by Gasteiger charge is 1.98. The fourth-order valence-corrected chi connectivity index (χ4v) is 0.823. The molecule has 0 aromatic carbocycles. The normalized spacial score (nSPS) is 9.62. The third kappa shape index (κ3) is 3.02. The average molecular weight is 182 g/mol. The molecule has 1 N–H and O–H groups in total. The number of aldehydes is 1. The zero-order valence-corrected chi connectivity index (χ0v) is 7.23. The zero-order chi connectivity index (χ0) is 9.68. The molecule has 1 aromatic heterocycles. The Morgan fingerprint density at radius 2 is 2.54 bits per heavy atom. The smallest absolute Gasteiger partial charge is 0.216 e. The van der Waals surface area contributed by atoms with Gasteiger partial charge in [0.25, 0.3) is 0 Å². The maximum Gasteiger partial charge on any atom is 0.216 e. The lowest BCUT2D eigenvalue weighted by Crippen LogP contribution is -2.24. The molecule has 0 aliphatic heterocycles. The second-order valence-corrected chi connectivity index (χ2v) is 2.51. The topological polar surface area (TPSA) is 76.9 Å². The molecule has 0 saturated carbocycles. The highest BCUT2D eigenvalue weighted by molar-refractivity contribution is 5.72. The molecule has 0 spiro atoms. The Bertz CT molecular complexity index is 307. The van der Waals surface area contributed by atoms with Crippen molar-refractivity contribution < 1.29 is 9.59 Å². The van der Waals surface area contributed by atoms with Crippen LogP contribution in [0, 0.1) is 0 Å². The number of hydrogen-bond donors (Lipinski definition) is 1. The summed E-state index contributed by atoms with van der Waals surface area (Å²) in [5.74, 6) is -0.0873. The van der Waals surface area contributed by atoms with Gasteiger partial charge in [0.2, 0.25) is 5.91 Å². The first-order chi connectivity index (χ1) is 6.22. The molecular weight excluding hydrogens is 172 g/mol. The molecule has 1 rings (SSSR count). The number of amides is 1. The van der Waals surface area contributed by atoms with E-state index in [1.54, 1.807) is 0 Å². The summed E-state index contributed by atoms with van der Waals surface area (Å²) in [5, 5.41) is 9.84. The minimum absolute atomic E-state index is 0.0873. The van der Waals surface area contributed by atoms with Crippen LogP contribution in [0.3, 0.4) is 0 Å². The zero-order valence-electron chi connectivity index (χ0n) is 7.23. The van der Waals surface area contributed by atoms with Crippen molar-refractivity contribution in [3.8, 4) is 0 Å². The van der Waals surface area contributed by atoms with Crippen LogP contribution in [0.4, 0.5) is 0 Å². The fourth-order valence-electron chi connectivity index (χ4n) is 0.823. The van der Waals surface area contributed by atoms with Gasteiger partial charge in [0.1, 0.15) is 5.69 Å². The number of carbonyl (C=O) groups excluding carboxylic acids is 2. The van der Waals surface area contributed by atoms with E-state index >= 15 is 0 Å². The molecule has 70 valence electrons. The monoisotopic (exact) mass is 182 g/mol. The second-order valence-electron chi connectivity index (χ2n) is 2.51. The minimum Gasteiger partial charge on any atom is -0.354 e. The quantitative estimate of drug-likeness (QED) is 0.620. The summed E-state index contributed by atoms with van der Waals surface area (Å²) in [4.78, 5) is 20.7. The van der Waals surface area contributed by atoms with Crippen LogP contribution in [0.5, 0.6) is 0 Å². The Hall–Kier alpha value is -1.72. The van der Waals surface area contributed by atoms with Crippen molar-refractivity contribution in [3.05, 3.63) is 11.9 Å². The second kappa shape index (κ2) is 4.34. The average Bonchev–Trinajstić information content (AvgIpc) is 2.52. The van der Waals surface area contributed by atoms with Gasteiger partial charge in [0.05, 0.1) is 12.7 Å². The standard InChI is InChI=1S/C7H10N4O2/c1-6(13)8-2-3-11-4-7(5-12)9-10-11/h4-5H,2-3H2,1H3,(H,8,13). The number of hydrogen-bond acceptors (Lipinski definition) is 4. The number of carbonyl (C=O) groups is 2. The van der Waals surface area contributed by atoms with Crippen LogP contribution in [-0.4, -0.2) is 33.7 Å². The molecule has 0 aliphatic rings. The van der Waals surface area contributed by atoms with Crippen molar-refractivity contribution >= 4 is 12.2 Å². The molecule has 0 bridgehead atoms. The molecule has 1 aromatic rings. The highest BCUT2D eigenvalue weighted by Crippen LogP contribution is 1.86. The van der Waals surface area contributed by atoms with Gasteiger partial charge in [0.15, 0.2) is 6.29 Å². The summed E-state index contributed by atoms with van der Waals surface area (Å²) in [6.07, 6.45) is 2.15. The molecule has 0 unspecified atom stereocenters. The van der Waals surface area contributed by atoms with Crippen molar-refractivity contribution in [1.82, 2.24) is 20.3 Å². The van der Waals surface area contributed by atoms with E-state index in [9.17, 15) is 9.59 Å². The van der Waals surface area contributed by atoms with E-state index in [1.165, 1.54) is 17.8 Å². The molecule has 0 saturated heterocycles. The Morgan fingerprint density at radius 1 is 1.77 bits per heavy atom. The van der Waals surface area contributed by atoms with Gasteiger partial charge in [-0.1, -0.05) is 5.21 Å². The predicted molar refractivity (Wildman–Crippen MR) is 44.1 cm³/mol. The highest BCUT2D eigenvalue weighted by atomic mass is 16.1. The molecule has 6 nitrogen and oxygen atoms in total. The number of nitrogens with one attached hydrogen (secondary N) is 1. The summed E-state index contributed by atoms with van der Waals surface area (Å²) in [6.45, 7) is 2.44. The van der Waals surface area contributed by atoms with Crippen LogP contribution in [0.2, 0.25) is 0 Å². The van der Waals surface area contributed by atoms with E-state index in [0.717, 1.165) is 0 Å². The lowest BCUT2D eigenvalue weighted by molar-refractivity contribution is -0.118. The van der Waals surface area contributed by atoms with E-state index < -0.39 is 0 Å². The number of rotatable bonds is 4. The molecular formula is C7H10N4O2. The molecule has 0 radical (unpaired) electrons. The number of aromatic nitrogens is 3. The molecule has 0 aliphatic carbocycles. The van der Waals surface area contributed by atoms with Crippen LogP contribution in [0.15, 0.2) is 6.20 Å². The summed E-state index contributed by atoms with van der Waals surface area (Å²) >= 11 is 0. The van der Waals surface area contributed by atoms with Gasteiger partial charge in [0, 0.05) is 13.5 Å². The molecule has 6 heteroatoms. The van der Waals surface area contributed by atoms with Crippen LogP contribution in [0.25, 0.3) is 0 Å². The Balaban J connectivity index is 2.36. The maximum atomic E-state index is 10.5. The summed E-state index contributed by atoms with van der Waals surface area (Å²) < 4.78 is 1.50. The van der Waals surface area contributed by atoms with Gasteiger partial charge in [-0.2, -0.15) is 0 Å². The van der Waals surface area contributed by atoms with Crippen LogP contribution in [0.1, 0.15) is 17.4 Å². The van der Waals surface area contributed by atoms with Gasteiger partial charge in [-0.25, -0.2) is 0 Å². The van der Waals surface area contributed by atoms with Crippen LogP contribution < -0.4 is 5.32 Å². The Kier molecular flexibility index (Phi) is 3.13. The predicted octanol–water partition coefficient (Wildman–Crippen LogP) is -0.773. The van der Waals surface area contributed by atoms with Crippen molar-refractivity contribution in [2.24, 2.45) is 0 Å². The van der Waals surface area contributed by atoms with E-state index in [-0.39, 0.29) is 5.91 Å². The van der Waals surface area contributed by atoms with Gasteiger partial charge in [-0.15, -0.1) is 5.10 Å². The van der Waals surface area contributed by atoms with E-state index in [2.05, 4.69) is 15.6 Å². The summed E-state index contributed by atoms with van der Waals surface area (Å²) in [5.41, 5.74) is 0.294. The molecule has 0 fully saturated rings. The lowest BCUT2D eigenvalue weighted by Gasteiger charge is -2.00. The largest absolute Gasteiger partial charge is 0.354 e. The molecule has 1 amide bonds. The minimum atomic E-state index is -0.0873. The van der Waals surface area contributed by atoms with Gasteiger partial charge in [-0.05, 0) is 0 Å². The van der Waals surface area contributed by atoms with Crippen molar-refractivity contribution in [1.29, 1.82) is 0 Å². The van der Waals surface area contributed by atoms with Crippen molar-refractivity contribution in [2.45, 2.75) is 13.5 Å². The van der Waals surface area contributed by atoms with Gasteiger partial charge >= 0.3 is 0 Å². The maximum absolute atomic E-state index is 10.5. The fraction of sp³-hybridized carbons (Fsp3) is 0.429. The molecule has 13 heavy (non-hydrogen) atoms. The summed E-state index contributed by atoms with van der Waals surface area (Å²) in [6, 6.07) is 0. The first-order valence-electron chi connectivity index (χ1n) is 3.82. The Labute approximate surface area is 74.9 Å². The van der Waals surface area contributed by atoms with Crippen LogP contribution in [-0.2, 0) is 11.3 Å². The van der Waals surface area contributed by atoms with E-state index in [0.29, 0.717) is 25.1 Å². The first-order valence-corrected chi connectivity index (χ1v) is 3.82.